The van der Waals surface area contributed by atoms with E-state index in [-0.39, 0.29) is 12.5 Å². The van der Waals surface area contributed by atoms with Gasteiger partial charge in [0, 0.05) is 19.2 Å². The summed E-state index contributed by atoms with van der Waals surface area (Å²) in [5.74, 6) is 5.58. The van der Waals surface area contributed by atoms with E-state index >= 15 is 0 Å². The highest BCUT2D eigenvalue weighted by Crippen LogP contribution is 2.17. The largest absolute Gasteiger partial charge is 0.393 e. The van der Waals surface area contributed by atoms with Gasteiger partial charge in [0.15, 0.2) is 0 Å². The molecule has 0 aliphatic carbocycles. The van der Waals surface area contributed by atoms with Crippen molar-refractivity contribution in [3.05, 3.63) is 21.9 Å². The Kier molecular flexibility index (Phi) is 5.86. The normalized spacial score (nSPS) is 11.6. The van der Waals surface area contributed by atoms with E-state index < -0.39 is 6.10 Å². The summed E-state index contributed by atoms with van der Waals surface area (Å²) in [4.78, 5) is 14.4. The number of amides is 1. The van der Waals surface area contributed by atoms with Crippen LogP contribution in [-0.2, 0) is 0 Å². The number of nitrogens with two attached hydrogens (primary N) is 1. The van der Waals surface area contributed by atoms with Gasteiger partial charge < -0.3 is 15.7 Å². The Hall–Kier alpha value is -1.35. The molecule has 1 atom stereocenters. The number of carbonyl (C=O) groups is 1. The van der Waals surface area contributed by atoms with Crippen molar-refractivity contribution in [1.29, 1.82) is 0 Å². The zero-order valence-electron chi connectivity index (χ0n) is 10.6. The molecule has 0 bridgehead atoms. The van der Waals surface area contributed by atoms with Crippen LogP contribution in [0.4, 0.5) is 0 Å². The lowest BCUT2D eigenvalue weighted by Crippen LogP contribution is -2.29. The summed E-state index contributed by atoms with van der Waals surface area (Å²) in [6.07, 6.45) is 0.164. The molecule has 1 heterocycles. The fourth-order valence-electron chi connectivity index (χ4n) is 1.37. The van der Waals surface area contributed by atoms with Crippen molar-refractivity contribution in [1.82, 2.24) is 4.90 Å². The van der Waals surface area contributed by atoms with Crippen molar-refractivity contribution in [3.8, 4) is 11.8 Å². The van der Waals surface area contributed by atoms with Crippen LogP contribution in [0.5, 0.6) is 0 Å². The average molecular weight is 266 g/mol. The number of thiophene rings is 1. The predicted molar refractivity (Wildman–Crippen MR) is 73.5 cm³/mol. The molecule has 0 aromatic carbocycles. The maximum atomic E-state index is 12.2. The third-order valence-electron chi connectivity index (χ3n) is 2.41. The third-order valence-corrected chi connectivity index (χ3v) is 3.32. The molecule has 1 aromatic rings. The second kappa shape index (κ2) is 7.17. The molecule has 0 spiro atoms. The lowest BCUT2D eigenvalue weighted by atomic mass is 10.2. The van der Waals surface area contributed by atoms with E-state index in [1.165, 1.54) is 11.3 Å². The molecule has 0 aliphatic heterocycles. The van der Waals surface area contributed by atoms with Crippen LogP contribution in [-0.4, -0.2) is 42.2 Å². The molecule has 0 saturated heterocycles. The number of aliphatic hydroxyl groups is 1. The van der Waals surface area contributed by atoms with Crippen LogP contribution in [0, 0.1) is 11.8 Å². The standard InChI is InChI=1S/C13H18N2O2S/c1-10(16)5-8-15(2)13(17)12-11(4-3-7-14)6-9-18-12/h6,9-10,16H,5,7-8,14H2,1-2H3. The Balaban J connectivity index is 2.74. The molecule has 1 rings (SSSR count). The lowest BCUT2D eigenvalue weighted by molar-refractivity contribution is 0.0773. The SMILES string of the molecule is CC(O)CCN(C)C(=O)c1sccc1C#CCN. The topological polar surface area (TPSA) is 66.6 Å². The van der Waals surface area contributed by atoms with E-state index in [2.05, 4.69) is 11.8 Å². The van der Waals surface area contributed by atoms with Gasteiger partial charge in [-0.05, 0) is 24.8 Å². The Labute approximate surface area is 111 Å². The molecule has 0 fully saturated rings. The average Bonchev–Trinajstić information content (AvgIpc) is 2.80. The molecule has 18 heavy (non-hydrogen) atoms. The summed E-state index contributed by atoms with van der Waals surface area (Å²) in [6.45, 7) is 2.51. The van der Waals surface area contributed by atoms with E-state index in [0.717, 1.165) is 5.56 Å². The molecule has 3 N–H and O–H groups in total. The fraction of sp³-hybridized carbons (Fsp3) is 0.462. The van der Waals surface area contributed by atoms with Crippen LogP contribution >= 0.6 is 11.3 Å². The van der Waals surface area contributed by atoms with E-state index in [1.807, 2.05) is 11.4 Å². The predicted octanol–water partition coefficient (Wildman–Crippen LogP) is 0.901. The molecular formula is C13H18N2O2S. The number of rotatable bonds is 4. The zero-order valence-corrected chi connectivity index (χ0v) is 11.5. The molecule has 0 aliphatic rings. The van der Waals surface area contributed by atoms with Gasteiger partial charge in [-0.25, -0.2) is 0 Å². The Morgan fingerprint density at radius 1 is 1.67 bits per heavy atom. The summed E-state index contributed by atoms with van der Waals surface area (Å²) in [7, 11) is 1.73. The highest BCUT2D eigenvalue weighted by atomic mass is 32.1. The molecule has 0 saturated carbocycles. The van der Waals surface area contributed by atoms with Crippen LogP contribution in [0.3, 0.4) is 0 Å². The van der Waals surface area contributed by atoms with Gasteiger partial charge in [-0.2, -0.15) is 0 Å². The monoisotopic (exact) mass is 266 g/mol. The molecule has 4 nitrogen and oxygen atoms in total. The van der Waals surface area contributed by atoms with Crippen molar-refractivity contribution in [3.63, 3.8) is 0 Å². The second-order valence-corrected chi connectivity index (χ2v) is 4.95. The first-order valence-corrected chi connectivity index (χ1v) is 6.64. The van der Waals surface area contributed by atoms with E-state index in [9.17, 15) is 9.90 Å². The first kappa shape index (κ1) is 14.7. The van der Waals surface area contributed by atoms with Gasteiger partial charge in [-0.15, -0.1) is 11.3 Å². The first-order valence-electron chi connectivity index (χ1n) is 5.76. The number of aliphatic hydroxyl groups excluding tert-OH is 1. The number of carbonyl (C=O) groups excluding carboxylic acids is 1. The summed E-state index contributed by atoms with van der Waals surface area (Å²) < 4.78 is 0. The van der Waals surface area contributed by atoms with Crippen LogP contribution < -0.4 is 5.73 Å². The van der Waals surface area contributed by atoms with Crippen molar-refractivity contribution >= 4 is 17.2 Å². The maximum Gasteiger partial charge on any atom is 0.264 e. The third kappa shape index (κ3) is 4.15. The van der Waals surface area contributed by atoms with E-state index in [1.54, 1.807) is 18.9 Å². The van der Waals surface area contributed by atoms with Crippen molar-refractivity contribution in [2.45, 2.75) is 19.4 Å². The number of nitrogens with zero attached hydrogens (tertiary/aromatic N) is 1. The Morgan fingerprint density at radius 2 is 2.39 bits per heavy atom. The van der Waals surface area contributed by atoms with Gasteiger partial charge in [0.2, 0.25) is 0 Å². The highest BCUT2D eigenvalue weighted by molar-refractivity contribution is 7.12. The molecule has 1 aromatic heterocycles. The number of hydrogen-bond acceptors (Lipinski definition) is 4. The van der Waals surface area contributed by atoms with Crippen LogP contribution in [0.15, 0.2) is 11.4 Å². The second-order valence-electron chi connectivity index (χ2n) is 4.03. The summed E-state index contributed by atoms with van der Waals surface area (Å²) in [5, 5.41) is 11.1. The Bertz CT molecular complexity index is 457. The highest BCUT2D eigenvalue weighted by Gasteiger charge is 2.16. The quantitative estimate of drug-likeness (QED) is 0.796. The smallest absolute Gasteiger partial charge is 0.264 e. The van der Waals surface area contributed by atoms with Gasteiger partial charge in [0.25, 0.3) is 5.91 Å². The summed E-state index contributed by atoms with van der Waals surface area (Å²) in [5.41, 5.74) is 6.04. The first-order chi connectivity index (χ1) is 8.56. The van der Waals surface area contributed by atoms with Gasteiger partial charge in [-0.3, -0.25) is 4.79 Å². The van der Waals surface area contributed by atoms with Crippen LogP contribution in [0.2, 0.25) is 0 Å². The molecule has 1 amide bonds. The summed E-state index contributed by atoms with van der Waals surface area (Å²) >= 11 is 1.37. The number of hydrogen-bond donors (Lipinski definition) is 2. The van der Waals surface area contributed by atoms with Crippen molar-refractivity contribution in [2.75, 3.05) is 20.1 Å². The van der Waals surface area contributed by atoms with E-state index in [4.69, 9.17) is 5.73 Å². The molecule has 98 valence electrons. The van der Waals surface area contributed by atoms with E-state index in [0.29, 0.717) is 17.8 Å². The fourth-order valence-corrected chi connectivity index (χ4v) is 2.22. The minimum atomic E-state index is -0.403. The van der Waals surface area contributed by atoms with Gasteiger partial charge in [0.05, 0.1) is 12.6 Å². The lowest BCUT2D eigenvalue weighted by Gasteiger charge is -2.17. The van der Waals surface area contributed by atoms with Gasteiger partial charge >= 0.3 is 0 Å². The van der Waals surface area contributed by atoms with Crippen LogP contribution in [0.25, 0.3) is 0 Å². The maximum absolute atomic E-state index is 12.2. The molecule has 0 radical (unpaired) electrons. The molecule has 1 unspecified atom stereocenters. The zero-order chi connectivity index (χ0) is 13.5. The van der Waals surface area contributed by atoms with Gasteiger partial charge in [-0.1, -0.05) is 11.8 Å². The molecule has 5 heteroatoms. The van der Waals surface area contributed by atoms with Gasteiger partial charge in [0.1, 0.15) is 4.88 Å². The molecular weight excluding hydrogens is 248 g/mol. The summed E-state index contributed by atoms with van der Waals surface area (Å²) in [6, 6.07) is 1.82. The Morgan fingerprint density at radius 3 is 3.00 bits per heavy atom. The minimum Gasteiger partial charge on any atom is -0.393 e. The minimum absolute atomic E-state index is 0.0630. The van der Waals surface area contributed by atoms with Crippen LogP contribution in [0.1, 0.15) is 28.6 Å². The van der Waals surface area contributed by atoms with Crippen molar-refractivity contribution in [2.24, 2.45) is 5.73 Å². The van der Waals surface area contributed by atoms with Crippen molar-refractivity contribution < 1.29 is 9.90 Å².